The fourth-order valence-corrected chi connectivity index (χ4v) is 6.63. The van der Waals surface area contributed by atoms with Gasteiger partial charge in [0.2, 0.25) is 0 Å². The smallest absolute Gasteiger partial charge is 0.136 e. The van der Waals surface area contributed by atoms with Gasteiger partial charge < -0.3 is 4.42 Å². The largest absolute Gasteiger partial charge is 0.456 e. The number of para-hydroxylation sites is 1. The van der Waals surface area contributed by atoms with E-state index in [1.54, 1.807) is 0 Å². The minimum atomic E-state index is -0.189. The molecular weight excluding hydrogens is 520 g/mol. The van der Waals surface area contributed by atoms with E-state index in [-0.39, 0.29) is 24.2 Å². The molecule has 8 aromatic carbocycles. The van der Waals surface area contributed by atoms with Gasteiger partial charge in [-0.15, -0.1) is 0 Å². The molecule has 0 fully saturated rings. The molecular formula is C42H26O. The minimum absolute atomic E-state index is 0.0808. The zero-order chi connectivity index (χ0) is 31.8. The topological polar surface area (TPSA) is 13.1 Å². The number of hydrogen-bond donors (Lipinski definition) is 0. The molecule has 0 saturated carbocycles. The van der Waals surface area contributed by atoms with Gasteiger partial charge in [0.25, 0.3) is 0 Å². The van der Waals surface area contributed by atoms with Crippen molar-refractivity contribution in [2.24, 2.45) is 0 Å². The molecule has 0 saturated heterocycles. The van der Waals surface area contributed by atoms with Crippen molar-refractivity contribution in [3.63, 3.8) is 0 Å². The Kier molecular flexibility index (Phi) is 4.45. The zero-order valence-electron chi connectivity index (χ0n) is 27.1. The molecule has 1 aromatic heterocycles. The first-order valence-electron chi connectivity index (χ1n) is 16.4. The van der Waals surface area contributed by atoms with Crippen molar-refractivity contribution in [2.45, 2.75) is 0 Å². The van der Waals surface area contributed by atoms with Crippen LogP contribution in [0.5, 0.6) is 0 Å². The summed E-state index contributed by atoms with van der Waals surface area (Å²) in [5, 5.41) is 7.86. The molecule has 9 rings (SSSR count). The van der Waals surface area contributed by atoms with Crippen LogP contribution in [0.4, 0.5) is 0 Å². The van der Waals surface area contributed by atoms with Gasteiger partial charge >= 0.3 is 0 Å². The quantitative estimate of drug-likeness (QED) is 0.199. The fourth-order valence-electron chi connectivity index (χ4n) is 6.63. The Morgan fingerprint density at radius 3 is 1.81 bits per heavy atom. The lowest BCUT2D eigenvalue weighted by molar-refractivity contribution is 0.669. The molecule has 0 amide bonds. The molecule has 1 heteroatoms. The molecule has 0 spiro atoms. The summed E-state index contributed by atoms with van der Waals surface area (Å²) in [7, 11) is 0. The SMILES string of the molecule is [2H]c1c([2H])c(-c2ccc3ccccc3c2)c([2H])c(-c2c3ccccc3c(-c3cccc4oc5ccccc5c34)c3ccccc23)c1[2H]. The van der Waals surface area contributed by atoms with Gasteiger partial charge in [-0.25, -0.2) is 0 Å². The molecule has 0 aliphatic carbocycles. The third-order valence-corrected chi connectivity index (χ3v) is 8.52. The summed E-state index contributed by atoms with van der Waals surface area (Å²) >= 11 is 0. The normalized spacial score (nSPS) is 13.0. The predicted octanol–water partition coefficient (Wildman–Crippen LogP) is 12.0. The molecule has 0 aliphatic heterocycles. The molecule has 43 heavy (non-hydrogen) atoms. The molecule has 200 valence electrons. The Morgan fingerprint density at radius 1 is 0.442 bits per heavy atom. The average Bonchev–Trinajstić information content (AvgIpc) is 3.50. The van der Waals surface area contributed by atoms with Gasteiger partial charge in [0, 0.05) is 10.8 Å². The zero-order valence-corrected chi connectivity index (χ0v) is 23.1. The molecule has 0 unspecified atom stereocenters. The molecule has 1 nitrogen and oxygen atoms in total. The van der Waals surface area contributed by atoms with E-state index in [4.69, 9.17) is 7.16 Å². The van der Waals surface area contributed by atoms with Crippen LogP contribution in [-0.2, 0) is 0 Å². The predicted molar refractivity (Wildman–Crippen MR) is 183 cm³/mol. The molecule has 1 heterocycles. The molecule has 0 N–H and O–H groups in total. The number of fused-ring (bicyclic) bond motifs is 6. The lowest BCUT2D eigenvalue weighted by Gasteiger charge is -2.18. The Bertz CT molecular complexity index is 2680. The van der Waals surface area contributed by atoms with E-state index in [1.807, 2.05) is 109 Å². The van der Waals surface area contributed by atoms with Crippen LogP contribution in [0.2, 0.25) is 0 Å². The van der Waals surface area contributed by atoms with Crippen LogP contribution >= 0.6 is 0 Å². The number of hydrogen-bond acceptors (Lipinski definition) is 1. The minimum Gasteiger partial charge on any atom is -0.456 e. The first-order chi connectivity index (χ1) is 23.0. The van der Waals surface area contributed by atoms with Crippen LogP contribution < -0.4 is 0 Å². The highest BCUT2D eigenvalue weighted by molar-refractivity contribution is 6.25. The molecule has 0 atom stereocenters. The summed E-state index contributed by atoms with van der Waals surface area (Å²) in [6.45, 7) is 0. The van der Waals surface area contributed by atoms with E-state index in [2.05, 4.69) is 24.3 Å². The Labute approximate surface area is 254 Å². The monoisotopic (exact) mass is 550 g/mol. The maximum absolute atomic E-state index is 9.62. The number of benzene rings is 8. The summed E-state index contributed by atoms with van der Waals surface area (Å²) in [5.74, 6) is 0. The lowest BCUT2D eigenvalue weighted by Crippen LogP contribution is -1.91. The van der Waals surface area contributed by atoms with Crippen LogP contribution in [0.25, 0.3) is 87.6 Å². The fraction of sp³-hybridized carbons (Fsp3) is 0. The Morgan fingerprint density at radius 2 is 1.05 bits per heavy atom. The summed E-state index contributed by atoms with van der Waals surface area (Å²) in [5.41, 5.74) is 5.88. The van der Waals surface area contributed by atoms with Crippen LogP contribution in [0, 0.1) is 0 Å². The first-order valence-corrected chi connectivity index (χ1v) is 14.4. The molecule has 0 radical (unpaired) electrons. The molecule has 0 bridgehead atoms. The van der Waals surface area contributed by atoms with Crippen molar-refractivity contribution in [2.75, 3.05) is 0 Å². The Hall–Kier alpha value is -5.66. The van der Waals surface area contributed by atoms with Crippen molar-refractivity contribution in [1.82, 2.24) is 0 Å². The van der Waals surface area contributed by atoms with E-state index >= 15 is 0 Å². The summed E-state index contributed by atoms with van der Waals surface area (Å²) < 4.78 is 43.0. The van der Waals surface area contributed by atoms with Gasteiger partial charge in [-0.2, -0.15) is 0 Å². The van der Waals surface area contributed by atoms with Crippen molar-refractivity contribution in [3.05, 3.63) is 158 Å². The summed E-state index contributed by atoms with van der Waals surface area (Å²) in [6.07, 6.45) is 0. The summed E-state index contributed by atoms with van der Waals surface area (Å²) in [6, 6.07) is 44.1. The van der Waals surface area contributed by atoms with Gasteiger partial charge in [0.15, 0.2) is 0 Å². The highest BCUT2D eigenvalue weighted by Crippen LogP contribution is 2.47. The third-order valence-electron chi connectivity index (χ3n) is 8.52. The maximum atomic E-state index is 9.62. The Balaban J connectivity index is 1.41. The second-order valence-corrected chi connectivity index (χ2v) is 10.9. The van der Waals surface area contributed by atoms with Crippen LogP contribution in [0.1, 0.15) is 5.48 Å². The van der Waals surface area contributed by atoms with Crippen molar-refractivity contribution in [3.8, 4) is 33.4 Å². The van der Waals surface area contributed by atoms with E-state index in [9.17, 15) is 2.74 Å². The second kappa shape index (κ2) is 9.44. The van der Waals surface area contributed by atoms with Crippen LogP contribution in [0.3, 0.4) is 0 Å². The van der Waals surface area contributed by atoms with Gasteiger partial charge in [-0.1, -0.05) is 133 Å². The van der Waals surface area contributed by atoms with E-state index in [0.29, 0.717) is 16.7 Å². The van der Waals surface area contributed by atoms with Crippen molar-refractivity contribution >= 4 is 54.3 Å². The van der Waals surface area contributed by atoms with Crippen molar-refractivity contribution in [1.29, 1.82) is 0 Å². The highest BCUT2D eigenvalue weighted by atomic mass is 16.3. The summed E-state index contributed by atoms with van der Waals surface area (Å²) in [4.78, 5) is 0. The van der Waals surface area contributed by atoms with Gasteiger partial charge in [0.1, 0.15) is 11.2 Å². The average molecular weight is 551 g/mol. The number of furan rings is 1. The standard InChI is InChI=1S/C42H26O/c1-2-12-28-25-30(24-23-27(28)11-1)29-13-9-14-31(26-29)40-32-15-3-5-17-34(32)41(35-18-6-4-16-33(35)40)37-20-10-22-39-42(37)36-19-7-8-21-38(36)43-39/h1-26H/i9D,13D,14D,26D. The van der Waals surface area contributed by atoms with E-state index in [1.165, 1.54) is 0 Å². The van der Waals surface area contributed by atoms with Crippen LogP contribution in [0.15, 0.2) is 162 Å². The maximum Gasteiger partial charge on any atom is 0.136 e. The van der Waals surface area contributed by atoms with E-state index in [0.717, 1.165) is 70.9 Å². The van der Waals surface area contributed by atoms with Gasteiger partial charge in [0.05, 0.1) is 5.48 Å². The molecule has 9 aromatic rings. The van der Waals surface area contributed by atoms with Crippen LogP contribution in [-0.4, -0.2) is 0 Å². The van der Waals surface area contributed by atoms with E-state index < -0.39 is 0 Å². The number of rotatable bonds is 3. The lowest BCUT2D eigenvalue weighted by atomic mass is 9.84. The van der Waals surface area contributed by atoms with Crippen molar-refractivity contribution < 1.29 is 9.90 Å². The second-order valence-electron chi connectivity index (χ2n) is 10.9. The third kappa shape index (κ3) is 3.72. The van der Waals surface area contributed by atoms with Gasteiger partial charge in [-0.3, -0.25) is 0 Å². The highest BCUT2D eigenvalue weighted by Gasteiger charge is 2.20. The van der Waals surface area contributed by atoms with Gasteiger partial charge in [-0.05, 0) is 89.9 Å². The molecule has 0 aliphatic rings. The first kappa shape index (κ1) is 20.3.